The first-order valence-electron chi connectivity index (χ1n) is 13.6. The number of hydrazine groups is 2. The van der Waals surface area contributed by atoms with Gasteiger partial charge in [-0.15, -0.1) is 0 Å². The maximum absolute atomic E-state index is 13.2. The fraction of sp³-hybridized carbons (Fsp3) is 0.483. The van der Waals surface area contributed by atoms with Crippen LogP contribution in [-0.2, 0) is 23.9 Å². The van der Waals surface area contributed by atoms with Crippen molar-refractivity contribution in [1.29, 1.82) is 0 Å². The number of hydrogen-bond donors (Lipinski definition) is 3. The van der Waals surface area contributed by atoms with E-state index in [9.17, 15) is 19.2 Å². The minimum Gasteiger partial charge on any atom is -0.451 e. The van der Waals surface area contributed by atoms with E-state index in [0.29, 0.717) is 30.7 Å². The van der Waals surface area contributed by atoms with E-state index in [1.165, 1.54) is 5.01 Å². The molecule has 1 aromatic heterocycles. The summed E-state index contributed by atoms with van der Waals surface area (Å²) in [6.07, 6.45) is 3.60. The predicted molar refractivity (Wildman–Crippen MR) is 151 cm³/mol. The molecule has 3 atom stereocenters. The summed E-state index contributed by atoms with van der Waals surface area (Å²) in [5.41, 5.74) is 6.35. The van der Waals surface area contributed by atoms with Gasteiger partial charge in [-0.25, -0.2) is 10.4 Å². The monoisotopic (exact) mass is 550 g/mol. The molecular formula is C29H38N6O5. The van der Waals surface area contributed by atoms with Crippen LogP contribution in [0.4, 0.5) is 5.82 Å². The predicted octanol–water partition coefficient (Wildman–Crippen LogP) is 2.32. The van der Waals surface area contributed by atoms with Gasteiger partial charge in [0.1, 0.15) is 17.9 Å². The van der Waals surface area contributed by atoms with Gasteiger partial charge in [-0.05, 0) is 63.3 Å². The number of rotatable bonds is 1. The number of hydrogen-bond acceptors (Lipinski definition) is 8. The Morgan fingerprint density at radius 1 is 1.07 bits per heavy atom. The molecule has 1 fully saturated rings. The standard InChI is InChI=1S/C29H38N6O5/c1-17(2)24-26(37)30-18(3)27(38)35-15-7-8-21(32-35)25(36)33-34(6)23-12-11-20-10-9-19(16-22(20)31-23)13-14-29(4,5)28(39)40-24/h9-14,16-18,21,24,32H,7-8,15H2,1-6H3,(H,30,37)(H,33,36)/b14-13+/t18-,21-,24+/m0/s1. The maximum atomic E-state index is 13.2. The Bertz CT molecular complexity index is 1340. The Hall–Kier alpha value is -3.99. The van der Waals surface area contributed by atoms with Crippen molar-refractivity contribution in [2.24, 2.45) is 11.3 Å². The summed E-state index contributed by atoms with van der Waals surface area (Å²) < 4.78 is 5.69. The summed E-state index contributed by atoms with van der Waals surface area (Å²) in [4.78, 5) is 57.3. The Labute approximate surface area is 234 Å². The number of cyclic esters (lactones) is 1. The largest absolute Gasteiger partial charge is 0.451 e. The third-order valence-corrected chi connectivity index (χ3v) is 7.14. The van der Waals surface area contributed by atoms with Crippen molar-refractivity contribution >= 4 is 46.5 Å². The van der Waals surface area contributed by atoms with Gasteiger partial charge >= 0.3 is 5.97 Å². The molecule has 0 radical (unpaired) electrons. The highest BCUT2D eigenvalue weighted by Crippen LogP contribution is 2.25. The highest BCUT2D eigenvalue weighted by atomic mass is 16.5. The van der Waals surface area contributed by atoms with Crippen LogP contribution in [0.3, 0.4) is 0 Å². The first-order valence-corrected chi connectivity index (χ1v) is 13.6. The van der Waals surface area contributed by atoms with E-state index in [2.05, 4.69) is 16.2 Å². The number of nitrogens with one attached hydrogen (secondary N) is 3. The molecule has 0 unspecified atom stereocenters. The Morgan fingerprint density at radius 2 is 1.80 bits per heavy atom. The number of fused-ring (bicyclic) bond motifs is 4. The van der Waals surface area contributed by atoms with Crippen LogP contribution in [0.25, 0.3) is 17.0 Å². The molecular weight excluding hydrogens is 512 g/mol. The Balaban J connectivity index is 1.70. The molecule has 11 heteroatoms. The smallest absolute Gasteiger partial charge is 0.316 e. The van der Waals surface area contributed by atoms with E-state index >= 15 is 0 Å². The van der Waals surface area contributed by atoms with Crippen LogP contribution in [0, 0.1) is 11.3 Å². The number of nitrogens with zero attached hydrogens (tertiary/aromatic N) is 3. The van der Waals surface area contributed by atoms with Gasteiger partial charge in [-0.3, -0.25) is 34.6 Å². The van der Waals surface area contributed by atoms with Crippen LogP contribution in [0.15, 0.2) is 36.4 Å². The average molecular weight is 551 g/mol. The molecule has 0 aliphatic carbocycles. The number of aromatic nitrogens is 1. The molecule has 1 aromatic carbocycles. The van der Waals surface area contributed by atoms with Crippen molar-refractivity contribution in [2.45, 2.75) is 65.6 Å². The van der Waals surface area contributed by atoms with Gasteiger partial charge in [0.05, 0.1) is 10.9 Å². The van der Waals surface area contributed by atoms with E-state index in [1.807, 2.05) is 36.4 Å². The van der Waals surface area contributed by atoms with Crippen molar-refractivity contribution in [3.63, 3.8) is 0 Å². The van der Waals surface area contributed by atoms with Crippen LogP contribution in [-0.4, -0.2) is 65.5 Å². The molecule has 3 N–H and O–H groups in total. The van der Waals surface area contributed by atoms with Crippen LogP contribution in [0.1, 0.15) is 53.0 Å². The highest BCUT2D eigenvalue weighted by molar-refractivity contribution is 5.92. The number of benzene rings is 1. The minimum atomic E-state index is -1.09. The third kappa shape index (κ3) is 6.41. The number of pyridine rings is 1. The normalized spacial score (nSPS) is 25.4. The molecule has 4 rings (SSSR count). The lowest BCUT2D eigenvalue weighted by Gasteiger charge is -2.35. The zero-order chi connectivity index (χ0) is 29.2. The molecule has 11 nitrogen and oxygen atoms in total. The molecule has 1 saturated heterocycles. The van der Waals surface area contributed by atoms with Crippen LogP contribution < -0.4 is 21.2 Å². The lowest BCUT2D eigenvalue weighted by molar-refractivity contribution is -0.165. The lowest BCUT2D eigenvalue weighted by atomic mass is 9.92. The molecule has 0 spiro atoms. The van der Waals surface area contributed by atoms with Gasteiger partial charge < -0.3 is 10.1 Å². The van der Waals surface area contributed by atoms with E-state index in [1.54, 1.807) is 52.8 Å². The van der Waals surface area contributed by atoms with Gasteiger partial charge in [0, 0.05) is 19.0 Å². The number of carbonyl (C=O) groups excluding carboxylic acids is 4. The van der Waals surface area contributed by atoms with E-state index in [4.69, 9.17) is 9.72 Å². The topological polar surface area (TPSA) is 133 Å². The Kier molecular flexibility index (Phi) is 8.43. The zero-order valence-corrected chi connectivity index (χ0v) is 23.9. The quantitative estimate of drug-likeness (QED) is 0.461. The first kappa shape index (κ1) is 29.0. The second-order valence-corrected chi connectivity index (χ2v) is 11.3. The van der Waals surface area contributed by atoms with E-state index in [-0.39, 0.29) is 11.8 Å². The number of amides is 3. The van der Waals surface area contributed by atoms with Gasteiger partial charge in [-0.1, -0.05) is 38.1 Å². The van der Waals surface area contributed by atoms with Crippen LogP contribution in [0.2, 0.25) is 0 Å². The number of carbonyl (C=O) groups is 4. The van der Waals surface area contributed by atoms with Crippen molar-refractivity contribution in [2.75, 3.05) is 18.6 Å². The maximum Gasteiger partial charge on any atom is 0.316 e. The molecule has 2 aliphatic heterocycles. The summed E-state index contributed by atoms with van der Waals surface area (Å²) in [6.45, 7) is 8.94. The first-order chi connectivity index (χ1) is 18.9. The molecule has 2 aliphatic rings. The number of ether oxygens (including phenoxy) is 1. The summed E-state index contributed by atoms with van der Waals surface area (Å²) in [6, 6.07) is 7.92. The van der Waals surface area contributed by atoms with Gasteiger partial charge in [-0.2, -0.15) is 0 Å². The lowest BCUT2D eigenvalue weighted by Crippen LogP contribution is -2.62. The highest BCUT2D eigenvalue weighted by Gasteiger charge is 2.36. The summed E-state index contributed by atoms with van der Waals surface area (Å²) in [5.74, 6) is -1.61. The van der Waals surface area contributed by atoms with Gasteiger partial charge in [0.15, 0.2) is 6.10 Å². The molecule has 214 valence electrons. The van der Waals surface area contributed by atoms with Gasteiger partial charge in [0.25, 0.3) is 17.7 Å². The average Bonchev–Trinajstić information content (AvgIpc) is 2.92. The molecule has 3 amide bonds. The third-order valence-electron chi connectivity index (χ3n) is 7.14. The second kappa shape index (κ2) is 11.6. The van der Waals surface area contributed by atoms with Gasteiger partial charge in [0.2, 0.25) is 0 Å². The van der Waals surface area contributed by atoms with Crippen LogP contribution in [0.5, 0.6) is 0 Å². The molecule has 40 heavy (non-hydrogen) atoms. The minimum absolute atomic E-state index is 0.310. The number of esters is 1. The van der Waals surface area contributed by atoms with Crippen molar-refractivity contribution in [3.8, 4) is 0 Å². The molecule has 5 bridgehead atoms. The Morgan fingerprint density at radius 3 is 2.52 bits per heavy atom. The molecule has 0 saturated carbocycles. The van der Waals surface area contributed by atoms with Crippen molar-refractivity contribution in [3.05, 3.63) is 42.0 Å². The van der Waals surface area contributed by atoms with E-state index < -0.39 is 41.4 Å². The molecule has 3 heterocycles. The van der Waals surface area contributed by atoms with Crippen molar-refractivity contribution < 1.29 is 23.9 Å². The fourth-order valence-electron chi connectivity index (χ4n) is 4.57. The zero-order valence-electron chi connectivity index (χ0n) is 23.9. The summed E-state index contributed by atoms with van der Waals surface area (Å²) >= 11 is 0. The fourth-order valence-corrected chi connectivity index (χ4v) is 4.57. The summed E-state index contributed by atoms with van der Waals surface area (Å²) in [5, 5.41) is 6.51. The SMILES string of the molecule is CC(C)[C@H]1OC(=O)C(C)(C)/C=C/c2ccc3ccc(nc3c2)N(C)NC(=O)[C@@H]2CCCN(N2)C(=O)[C@H](C)NC1=O. The number of anilines is 1. The summed E-state index contributed by atoms with van der Waals surface area (Å²) in [7, 11) is 1.70. The van der Waals surface area contributed by atoms with E-state index in [0.717, 1.165) is 10.9 Å². The van der Waals surface area contributed by atoms with Crippen molar-refractivity contribution in [1.82, 2.24) is 26.2 Å². The molecule has 2 aromatic rings. The second-order valence-electron chi connectivity index (χ2n) is 11.3. The van der Waals surface area contributed by atoms with Crippen LogP contribution >= 0.6 is 0 Å².